The first kappa shape index (κ1) is 29.2. The van der Waals surface area contributed by atoms with E-state index in [1.807, 2.05) is 6.07 Å². The van der Waals surface area contributed by atoms with Crippen molar-refractivity contribution in [1.82, 2.24) is 9.55 Å². The molecule has 0 saturated heterocycles. The number of aromatic nitrogens is 2. The summed E-state index contributed by atoms with van der Waals surface area (Å²) in [6, 6.07) is 69.8. The van der Waals surface area contributed by atoms with Crippen LogP contribution >= 0.6 is 0 Å². The van der Waals surface area contributed by atoms with Crippen molar-refractivity contribution in [2.24, 2.45) is 0 Å². The van der Waals surface area contributed by atoms with Crippen molar-refractivity contribution in [2.45, 2.75) is 0 Å². The van der Waals surface area contributed by atoms with E-state index in [9.17, 15) is 0 Å². The molecule has 2 heteroatoms. The highest BCUT2D eigenvalue weighted by Crippen LogP contribution is 2.38. The van der Waals surface area contributed by atoms with Crippen LogP contribution in [0.1, 0.15) is 0 Å². The van der Waals surface area contributed by atoms with Gasteiger partial charge in [0, 0.05) is 27.4 Å². The van der Waals surface area contributed by atoms with Gasteiger partial charge in [0.05, 0.1) is 22.2 Å². The molecule has 0 fully saturated rings. The molecule has 0 saturated carbocycles. The molecule has 0 N–H and O–H groups in total. The van der Waals surface area contributed by atoms with Crippen molar-refractivity contribution in [2.75, 3.05) is 0 Å². The number of para-hydroxylation sites is 2. The first-order valence-electron chi connectivity index (χ1n) is 17.5. The number of rotatable bonds is 5. The second-order valence-corrected chi connectivity index (χ2v) is 13.2. The van der Waals surface area contributed by atoms with Crippen molar-refractivity contribution in [1.29, 1.82) is 0 Å². The lowest BCUT2D eigenvalue weighted by molar-refractivity contribution is 1.18. The smallest absolute Gasteiger partial charge is 0.0722 e. The molecule has 0 aliphatic rings. The van der Waals surface area contributed by atoms with Crippen molar-refractivity contribution in [3.63, 3.8) is 0 Å². The van der Waals surface area contributed by atoms with Gasteiger partial charge in [-0.15, -0.1) is 0 Å². The summed E-state index contributed by atoms with van der Waals surface area (Å²) in [6.07, 6.45) is 0. The minimum atomic E-state index is 0.982. The van der Waals surface area contributed by atoms with Gasteiger partial charge < -0.3 is 4.57 Å². The Morgan fingerprint density at radius 1 is 0.353 bits per heavy atom. The van der Waals surface area contributed by atoms with Gasteiger partial charge in [0.15, 0.2) is 0 Å². The normalized spacial score (nSPS) is 11.5. The molecule has 2 heterocycles. The third-order valence-electron chi connectivity index (χ3n) is 10.2. The fraction of sp³-hybridized carbons (Fsp3) is 0. The molecule has 0 atom stereocenters. The summed E-state index contributed by atoms with van der Waals surface area (Å²) in [5.41, 5.74) is 13.9. The Labute approximate surface area is 296 Å². The minimum Gasteiger partial charge on any atom is -0.309 e. The third-order valence-corrected chi connectivity index (χ3v) is 10.2. The van der Waals surface area contributed by atoms with Gasteiger partial charge in [0.2, 0.25) is 0 Å². The summed E-state index contributed by atoms with van der Waals surface area (Å²) in [7, 11) is 0. The van der Waals surface area contributed by atoms with Gasteiger partial charge in [-0.1, -0.05) is 158 Å². The third kappa shape index (κ3) is 5.00. The maximum Gasteiger partial charge on any atom is 0.0722 e. The highest BCUT2D eigenvalue weighted by atomic mass is 15.0. The van der Waals surface area contributed by atoms with Crippen molar-refractivity contribution in [3.05, 3.63) is 194 Å². The topological polar surface area (TPSA) is 17.8 Å². The second kappa shape index (κ2) is 12.0. The molecule has 2 aromatic heterocycles. The molecule has 0 spiro atoms. The molecule has 2 nitrogen and oxygen atoms in total. The molecule has 0 aliphatic heterocycles. The Morgan fingerprint density at radius 3 is 1.59 bits per heavy atom. The summed E-state index contributed by atoms with van der Waals surface area (Å²) in [6.45, 7) is 0. The Kier molecular flexibility index (Phi) is 6.85. The van der Waals surface area contributed by atoms with Crippen LogP contribution in [-0.2, 0) is 0 Å². The van der Waals surface area contributed by atoms with Gasteiger partial charge >= 0.3 is 0 Å². The Balaban J connectivity index is 1.01. The van der Waals surface area contributed by atoms with Gasteiger partial charge in [-0.2, -0.15) is 0 Å². The first-order valence-corrected chi connectivity index (χ1v) is 17.5. The Bertz CT molecular complexity index is 2830. The van der Waals surface area contributed by atoms with Crippen LogP contribution in [0.2, 0.25) is 0 Å². The zero-order chi connectivity index (χ0) is 33.7. The number of hydrogen-bond donors (Lipinski definition) is 0. The summed E-state index contributed by atoms with van der Waals surface area (Å²) in [5, 5.41) is 6.18. The van der Waals surface area contributed by atoms with Gasteiger partial charge in [-0.05, 0) is 80.6 Å². The number of hydrogen-bond acceptors (Lipinski definition) is 1. The van der Waals surface area contributed by atoms with E-state index < -0.39 is 0 Å². The fourth-order valence-electron chi connectivity index (χ4n) is 7.71. The number of pyridine rings is 1. The average molecular weight is 649 g/mol. The molecule has 10 rings (SSSR count). The maximum absolute atomic E-state index is 5.13. The average Bonchev–Trinajstić information content (AvgIpc) is 3.55. The standard InChI is InChI=1S/C49H32N2/c1-2-12-38(13-3-1)46-32-44(49-41-16-5-4-11-36(41)29-30-45(49)50-46)37-27-25-34(26-28-37)33-21-23-35(24-22-33)39-14-10-15-40(31-39)51-47-19-8-6-17-42(47)43-18-7-9-20-48(43)51/h1-32H. The van der Waals surface area contributed by atoms with E-state index in [4.69, 9.17) is 4.98 Å². The molecule has 8 aromatic carbocycles. The molecule has 0 bridgehead atoms. The molecule has 0 amide bonds. The van der Waals surface area contributed by atoms with Crippen LogP contribution < -0.4 is 0 Å². The van der Waals surface area contributed by atoms with Crippen LogP contribution in [0.3, 0.4) is 0 Å². The van der Waals surface area contributed by atoms with Crippen LogP contribution in [0.4, 0.5) is 0 Å². The molecule has 51 heavy (non-hydrogen) atoms. The molecule has 0 aliphatic carbocycles. The SMILES string of the molecule is c1ccc(-c2cc(-c3ccc(-c4ccc(-c5cccc(-n6c7ccccc7c7ccccc76)c5)cc4)cc3)c3c(ccc4ccccc43)n2)cc1. The maximum atomic E-state index is 5.13. The van der Waals surface area contributed by atoms with E-state index in [1.54, 1.807) is 0 Å². The zero-order valence-electron chi connectivity index (χ0n) is 27.9. The predicted molar refractivity (Wildman–Crippen MR) is 215 cm³/mol. The van der Waals surface area contributed by atoms with Gasteiger partial charge in [0.25, 0.3) is 0 Å². The quantitative estimate of drug-likeness (QED) is 0.170. The summed E-state index contributed by atoms with van der Waals surface area (Å²) >= 11 is 0. The first-order chi connectivity index (χ1) is 25.3. The largest absolute Gasteiger partial charge is 0.309 e. The summed E-state index contributed by atoms with van der Waals surface area (Å²) in [5.74, 6) is 0. The molecule has 0 radical (unpaired) electrons. The van der Waals surface area contributed by atoms with Crippen molar-refractivity contribution < 1.29 is 0 Å². The lowest BCUT2D eigenvalue weighted by atomic mass is 9.93. The molecular formula is C49H32N2. The Hall–Kier alpha value is -6.77. The van der Waals surface area contributed by atoms with E-state index in [2.05, 4.69) is 193 Å². The van der Waals surface area contributed by atoms with Gasteiger partial charge in [-0.3, -0.25) is 0 Å². The molecule has 0 unspecified atom stereocenters. The lowest BCUT2D eigenvalue weighted by Gasteiger charge is -2.14. The van der Waals surface area contributed by atoms with Crippen LogP contribution in [0.5, 0.6) is 0 Å². The highest BCUT2D eigenvalue weighted by Gasteiger charge is 2.14. The lowest BCUT2D eigenvalue weighted by Crippen LogP contribution is -1.94. The van der Waals surface area contributed by atoms with Crippen LogP contribution in [-0.4, -0.2) is 9.55 Å². The second-order valence-electron chi connectivity index (χ2n) is 13.2. The van der Waals surface area contributed by atoms with Gasteiger partial charge in [-0.25, -0.2) is 4.98 Å². The number of benzene rings is 8. The van der Waals surface area contributed by atoms with E-state index in [0.717, 1.165) is 22.5 Å². The van der Waals surface area contributed by atoms with Crippen LogP contribution in [0.25, 0.3) is 93.8 Å². The van der Waals surface area contributed by atoms with E-state index in [1.165, 1.54) is 71.3 Å². The minimum absolute atomic E-state index is 0.982. The molecular weight excluding hydrogens is 617 g/mol. The predicted octanol–water partition coefficient (Wildman–Crippen LogP) is 13.2. The van der Waals surface area contributed by atoms with E-state index in [0.29, 0.717) is 0 Å². The summed E-state index contributed by atoms with van der Waals surface area (Å²) < 4.78 is 2.38. The van der Waals surface area contributed by atoms with Crippen LogP contribution in [0, 0.1) is 0 Å². The monoisotopic (exact) mass is 648 g/mol. The van der Waals surface area contributed by atoms with Gasteiger partial charge in [0.1, 0.15) is 0 Å². The van der Waals surface area contributed by atoms with Crippen molar-refractivity contribution >= 4 is 43.5 Å². The van der Waals surface area contributed by atoms with Crippen LogP contribution in [0.15, 0.2) is 194 Å². The highest BCUT2D eigenvalue weighted by molar-refractivity contribution is 6.14. The Morgan fingerprint density at radius 2 is 0.902 bits per heavy atom. The molecule has 238 valence electrons. The number of nitrogens with zero attached hydrogens (tertiary/aromatic N) is 2. The fourth-order valence-corrected chi connectivity index (χ4v) is 7.71. The van der Waals surface area contributed by atoms with Crippen molar-refractivity contribution in [3.8, 4) is 50.3 Å². The van der Waals surface area contributed by atoms with E-state index >= 15 is 0 Å². The summed E-state index contributed by atoms with van der Waals surface area (Å²) in [4.78, 5) is 5.13. The zero-order valence-corrected chi connectivity index (χ0v) is 27.9. The number of fused-ring (bicyclic) bond motifs is 6. The van der Waals surface area contributed by atoms with E-state index in [-0.39, 0.29) is 0 Å². The molecule has 10 aromatic rings.